The zero-order valence-electron chi connectivity index (χ0n) is 10.3. The van der Waals surface area contributed by atoms with Gasteiger partial charge in [-0.15, -0.1) is 0 Å². The number of aromatic nitrogens is 2. The van der Waals surface area contributed by atoms with Crippen LogP contribution in [0.15, 0.2) is 12.4 Å². The molecule has 1 aromatic heterocycles. The van der Waals surface area contributed by atoms with Crippen LogP contribution < -0.4 is 10.1 Å². The maximum atomic E-state index is 5.53. The van der Waals surface area contributed by atoms with E-state index in [1.165, 1.54) is 17.9 Å². The molecule has 4 nitrogen and oxygen atoms in total. The monoisotopic (exact) mass is 253 g/mol. The number of thioether (sulfide) groups is 1. The molecule has 1 unspecified atom stereocenters. The number of rotatable bonds is 5. The van der Waals surface area contributed by atoms with Gasteiger partial charge < -0.3 is 10.1 Å². The van der Waals surface area contributed by atoms with E-state index in [2.05, 4.69) is 15.3 Å². The van der Waals surface area contributed by atoms with Gasteiger partial charge in [0, 0.05) is 12.6 Å². The fourth-order valence-electron chi connectivity index (χ4n) is 1.74. The van der Waals surface area contributed by atoms with Gasteiger partial charge in [-0.1, -0.05) is 0 Å². The second-order valence-electron chi connectivity index (χ2n) is 4.52. The number of nitrogens with one attached hydrogen (secondary N) is 1. The third kappa shape index (κ3) is 4.07. The zero-order chi connectivity index (χ0) is 12.1. The van der Waals surface area contributed by atoms with E-state index in [-0.39, 0.29) is 6.10 Å². The molecule has 0 radical (unpaired) electrons. The molecule has 0 spiro atoms. The summed E-state index contributed by atoms with van der Waals surface area (Å²) < 4.78 is 5.53. The Morgan fingerprint density at radius 3 is 3.12 bits per heavy atom. The van der Waals surface area contributed by atoms with Crippen LogP contribution in [-0.2, 0) is 0 Å². The van der Waals surface area contributed by atoms with Crippen LogP contribution in [0.1, 0.15) is 20.3 Å². The lowest BCUT2D eigenvalue weighted by Crippen LogP contribution is -2.14. The van der Waals surface area contributed by atoms with Gasteiger partial charge in [-0.2, -0.15) is 11.8 Å². The molecule has 0 aliphatic carbocycles. The first-order chi connectivity index (χ1) is 8.24. The normalized spacial score (nSPS) is 19.6. The van der Waals surface area contributed by atoms with E-state index in [4.69, 9.17) is 4.74 Å². The molecule has 17 heavy (non-hydrogen) atoms. The molecule has 1 atom stereocenters. The Balaban J connectivity index is 1.86. The van der Waals surface area contributed by atoms with Gasteiger partial charge in [-0.25, -0.2) is 9.97 Å². The predicted octanol–water partition coefficient (Wildman–Crippen LogP) is 2.43. The molecule has 1 aromatic rings. The highest BCUT2D eigenvalue weighted by Crippen LogP contribution is 2.23. The molecule has 2 rings (SSSR count). The van der Waals surface area contributed by atoms with Crippen molar-refractivity contribution in [1.82, 2.24) is 9.97 Å². The molecule has 94 valence electrons. The second-order valence-corrected chi connectivity index (χ2v) is 5.67. The summed E-state index contributed by atoms with van der Waals surface area (Å²) in [5.74, 6) is 4.81. The number of nitrogens with zero attached hydrogens (tertiary/aromatic N) is 2. The van der Waals surface area contributed by atoms with Crippen molar-refractivity contribution in [3.8, 4) is 5.88 Å². The fraction of sp³-hybridized carbons (Fsp3) is 0.667. The summed E-state index contributed by atoms with van der Waals surface area (Å²) in [6.45, 7) is 4.97. The molecule has 0 amide bonds. The SMILES string of the molecule is CC(C)Oc1cc(NCC2CCSC2)ncn1. The first-order valence-electron chi connectivity index (χ1n) is 6.04. The Bertz CT molecular complexity index is 353. The summed E-state index contributed by atoms with van der Waals surface area (Å²) >= 11 is 2.03. The van der Waals surface area contributed by atoms with Crippen molar-refractivity contribution in [3.05, 3.63) is 12.4 Å². The van der Waals surface area contributed by atoms with E-state index >= 15 is 0 Å². The maximum Gasteiger partial charge on any atom is 0.218 e. The van der Waals surface area contributed by atoms with Crippen LogP contribution in [-0.4, -0.2) is 34.1 Å². The molecule has 0 saturated carbocycles. The van der Waals surface area contributed by atoms with Gasteiger partial charge in [0.25, 0.3) is 0 Å². The summed E-state index contributed by atoms with van der Waals surface area (Å²) in [7, 11) is 0. The lowest BCUT2D eigenvalue weighted by Gasteiger charge is -2.12. The number of anilines is 1. The lowest BCUT2D eigenvalue weighted by molar-refractivity contribution is 0.232. The van der Waals surface area contributed by atoms with E-state index in [1.807, 2.05) is 31.7 Å². The minimum atomic E-state index is 0.143. The minimum Gasteiger partial charge on any atom is -0.475 e. The summed E-state index contributed by atoms with van der Waals surface area (Å²) in [6.07, 6.45) is 2.99. The first kappa shape index (κ1) is 12.5. The van der Waals surface area contributed by atoms with Crippen LogP contribution >= 0.6 is 11.8 Å². The van der Waals surface area contributed by atoms with Crippen LogP contribution in [0.4, 0.5) is 5.82 Å². The fourth-order valence-corrected chi connectivity index (χ4v) is 3.02. The molecule has 1 N–H and O–H groups in total. The molecule has 0 aromatic carbocycles. The van der Waals surface area contributed by atoms with E-state index in [1.54, 1.807) is 6.33 Å². The van der Waals surface area contributed by atoms with Crippen molar-refractivity contribution < 1.29 is 4.74 Å². The van der Waals surface area contributed by atoms with Crippen molar-refractivity contribution in [2.24, 2.45) is 5.92 Å². The van der Waals surface area contributed by atoms with Crippen molar-refractivity contribution in [2.75, 3.05) is 23.4 Å². The highest BCUT2D eigenvalue weighted by Gasteiger charge is 2.15. The molecular formula is C12H19N3OS. The Morgan fingerprint density at radius 2 is 2.41 bits per heavy atom. The van der Waals surface area contributed by atoms with Gasteiger partial charge in [0.15, 0.2) is 0 Å². The third-order valence-electron chi connectivity index (χ3n) is 2.59. The highest BCUT2D eigenvalue weighted by atomic mass is 32.2. The summed E-state index contributed by atoms with van der Waals surface area (Å²) in [5, 5.41) is 3.36. The molecule has 1 saturated heterocycles. The average molecular weight is 253 g/mol. The largest absolute Gasteiger partial charge is 0.475 e. The van der Waals surface area contributed by atoms with Crippen LogP contribution in [0, 0.1) is 5.92 Å². The smallest absolute Gasteiger partial charge is 0.218 e. The number of ether oxygens (including phenoxy) is 1. The number of hydrogen-bond donors (Lipinski definition) is 1. The highest BCUT2D eigenvalue weighted by molar-refractivity contribution is 7.99. The Hall–Kier alpha value is -0.970. The quantitative estimate of drug-likeness (QED) is 0.873. The van der Waals surface area contributed by atoms with Gasteiger partial charge in [-0.3, -0.25) is 0 Å². The standard InChI is InChI=1S/C12H19N3OS/c1-9(2)16-12-5-11(14-8-15-12)13-6-10-3-4-17-7-10/h5,8-10H,3-4,6-7H2,1-2H3,(H,13,14,15). The van der Waals surface area contributed by atoms with Gasteiger partial charge in [0.2, 0.25) is 5.88 Å². The van der Waals surface area contributed by atoms with Crippen LogP contribution in [0.5, 0.6) is 5.88 Å². The second kappa shape index (κ2) is 6.10. The third-order valence-corrected chi connectivity index (χ3v) is 3.83. The van der Waals surface area contributed by atoms with Gasteiger partial charge in [0.1, 0.15) is 12.1 Å². The summed E-state index contributed by atoms with van der Waals surface area (Å²) in [5.41, 5.74) is 0. The van der Waals surface area contributed by atoms with Crippen LogP contribution in [0.3, 0.4) is 0 Å². The molecule has 0 bridgehead atoms. The average Bonchev–Trinajstić information content (AvgIpc) is 2.79. The van der Waals surface area contributed by atoms with E-state index in [0.717, 1.165) is 18.3 Å². The van der Waals surface area contributed by atoms with E-state index < -0.39 is 0 Å². The van der Waals surface area contributed by atoms with E-state index in [9.17, 15) is 0 Å². The molecule has 1 aliphatic rings. The van der Waals surface area contributed by atoms with Crippen LogP contribution in [0.25, 0.3) is 0 Å². The van der Waals surface area contributed by atoms with Gasteiger partial charge in [0.05, 0.1) is 6.10 Å². The number of hydrogen-bond acceptors (Lipinski definition) is 5. The van der Waals surface area contributed by atoms with Crippen molar-refractivity contribution in [2.45, 2.75) is 26.4 Å². The van der Waals surface area contributed by atoms with Gasteiger partial charge >= 0.3 is 0 Å². The van der Waals surface area contributed by atoms with Crippen molar-refractivity contribution in [3.63, 3.8) is 0 Å². The Morgan fingerprint density at radius 1 is 1.53 bits per heavy atom. The molecule has 2 heterocycles. The molecular weight excluding hydrogens is 234 g/mol. The Kier molecular flexibility index (Phi) is 4.48. The summed E-state index contributed by atoms with van der Waals surface area (Å²) in [4.78, 5) is 8.28. The van der Waals surface area contributed by atoms with Gasteiger partial charge in [-0.05, 0) is 37.7 Å². The zero-order valence-corrected chi connectivity index (χ0v) is 11.2. The molecule has 5 heteroatoms. The van der Waals surface area contributed by atoms with Crippen molar-refractivity contribution >= 4 is 17.6 Å². The first-order valence-corrected chi connectivity index (χ1v) is 7.20. The molecule has 1 fully saturated rings. The maximum absolute atomic E-state index is 5.53. The van der Waals surface area contributed by atoms with Crippen molar-refractivity contribution in [1.29, 1.82) is 0 Å². The summed E-state index contributed by atoms with van der Waals surface area (Å²) in [6, 6.07) is 1.86. The minimum absolute atomic E-state index is 0.143. The topological polar surface area (TPSA) is 47.0 Å². The van der Waals surface area contributed by atoms with E-state index in [0.29, 0.717) is 5.88 Å². The lowest BCUT2D eigenvalue weighted by atomic mass is 10.1. The predicted molar refractivity (Wildman–Crippen MR) is 71.7 cm³/mol. The molecule has 1 aliphatic heterocycles. The van der Waals surface area contributed by atoms with Crippen LogP contribution in [0.2, 0.25) is 0 Å². The Labute approximate surface area is 107 Å².